The fraction of sp³-hybridized carbons (Fsp3) is 0.440. The fourth-order valence-corrected chi connectivity index (χ4v) is 4.63. The summed E-state index contributed by atoms with van der Waals surface area (Å²) < 4.78 is 0. The molecule has 0 aliphatic heterocycles. The monoisotopic (exact) mass is 473 g/mol. The maximum Gasteiger partial charge on any atom is 0.225 e. The van der Waals surface area contributed by atoms with E-state index in [9.17, 15) is 0 Å². The predicted molar refractivity (Wildman–Crippen MR) is 138 cm³/mol. The van der Waals surface area contributed by atoms with Crippen molar-refractivity contribution in [3.05, 3.63) is 58.1 Å². The molecule has 0 amide bonds. The first kappa shape index (κ1) is 24.6. The molecule has 0 bridgehead atoms. The first-order valence-electron chi connectivity index (χ1n) is 10.8. The molecule has 1 heterocycles. The van der Waals surface area contributed by atoms with Gasteiger partial charge in [0.05, 0.1) is 5.52 Å². The van der Waals surface area contributed by atoms with Crippen molar-refractivity contribution >= 4 is 45.9 Å². The van der Waals surface area contributed by atoms with Crippen molar-refractivity contribution in [1.82, 2.24) is 15.3 Å². The lowest BCUT2D eigenvalue weighted by atomic mass is 9.86. The Balaban J connectivity index is 0.00000289. The van der Waals surface area contributed by atoms with Gasteiger partial charge in [0.15, 0.2) is 0 Å². The van der Waals surface area contributed by atoms with Crippen molar-refractivity contribution in [2.45, 2.75) is 45.7 Å². The predicted octanol–water partition coefficient (Wildman–Crippen LogP) is 6.40. The number of aromatic nitrogens is 2. The van der Waals surface area contributed by atoms with Gasteiger partial charge in [-0.25, -0.2) is 4.98 Å². The molecule has 0 atom stereocenters. The summed E-state index contributed by atoms with van der Waals surface area (Å²) >= 11 is 12.3. The molecule has 2 N–H and O–H groups in total. The van der Waals surface area contributed by atoms with Crippen LogP contribution >= 0.6 is 23.2 Å². The van der Waals surface area contributed by atoms with Crippen LogP contribution in [0.15, 0.2) is 42.5 Å². The van der Waals surface area contributed by atoms with Crippen LogP contribution in [0.4, 0.5) is 11.8 Å². The molecule has 1 saturated carbocycles. The molecule has 0 spiro atoms. The summed E-state index contributed by atoms with van der Waals surface area (Å²) in [6, 6.07) is 14.2. The highest BCUT2D eigenvalue weighted by Crippen LogP contribution is 2.28. The van der Waals surface area contributed by atoms with Crippen LogP contribution in [0.25, 0.3) is 10.9 Å². The summed E-state index contributed by atoms with van der Waals surface area (Å²) in [6.45, 7) is 1.74. The SMILES string of the molecule is C.CN(C)c1nc(NC2CCC(CNCc3cc(Cl)ccc3Cl)CC2)nc2ccccc12. The summed E-state index contributed by atoms with van der Waals surface area (Å²) in [5, 5.41) is 9.69. The van der Waals surface area contributed by atoms with Gasteiger partial charge in [0, 0.05) is 42.1 Å². The minimum absolute atomic E-state index is 0. The Morgan fingerprint density at radius 1 is 1.00 bits per heavy atom. The van der Waals surface area contributed by atoms with Crippen molar-refractivity contribution in [3.8, 4) is 0 Å². The third-order valence-corrected chi connectivity index (χ3v) is 6.55. The highest BCUT2D eigenvalue weighted by atomic mass is 35.5. The Hall–Kier alpha value is -2.08. The van der Waals surface area contributed by atoms with E-state index in [1.807, 2.05) is 55.4 Å². The van der Waals surface area contributed by atoms with E-state index >= 15 is 0 Å². The maximum atomic E-state index is 6.26. The lowest BCUT2D eigenvalue weighted by Gasteiger charge is -2.29. The minimum atomic E-state index is 0. The third kappa shape index (κ3) is 6.03. The van der Waals surface area contributed by atoms with Crippen molar-refractivity contribution in [2.24, 2.45) is 5.92 Å². The van der Waals surface area contributed by atoms with Crippen LogP contribution in [0.2, 0.25) is 10.0 Å². The molecule has 1 aromatic heterocycles. The largest absolute Gasteiger partial charge is 0.362 e. The Kier molecular flexibility index (Phi) is 8.57. The van der Waals surface area contributed by atoms with Gasteiger partial charge in [0.25, 0.3) is 0 Å². The number of para-hydroxylation sites is 1. The summed E-state index contributed by atoms with van der Waals surface area (Å²) in [5.41, 5.74) is 2.02. The zero-order valence-corrected chi connectivity index (χ0v) is 19.5. The topological polar surface area (TPSA) is 53.1 Å². The molecule has 1 aliphatic carbocycles. The van der Waals surface area contributed by atoms with Crippen LogP contribution in [-0.2, 0) is 6.54 Å². The molecule has 1 aliphatic rings. The van der Waals surface area contributed by atoms with Crippen molar-refractivity contribution in [2.75, 3.05) is 30.9 Å². The Labute approximate surface area is 201 Å². The average Bonchev–Trinajstić information content (AvgIpc) is 2.76. The van der Waals surface area contributed by atoms with Gasteiger partial charge in [-0.1, -0.05) is 42.8 Å². The van der Waals surface area contributed by atoms with E-state index in [0.29, 0.717) is 12.0 Å². The van der Waals surface area contributed by atoms with Crippen molar-refractivity contribution in [1.29, 1.82) is 0 Å². The van der Waals surface area contributed by atoms with Gasteiger partial charge in [-0.15, -0.1) is 0 Å². The van der Waals surface area contributed by atoms with Crippen LogP contribution < -0.4 is 15.5 Å². The maximum absolute atomic E-state index is 6.26. The fourth-order valence-electron chi connectivity index (χ4n) is 4.25. The average molecular weight is 474 g/mol. The van der Waals surface area contributed by atoms with E-state index in [1.54, 1.807) is 0 Å². The molecule has 4 rings (SSSR count). The van der Waals surface area contributed by atoms with Gasteiger partial charge in [-0.05, 0) is 74.0 Å². The number of hydrogen-bond donors (Lipinski definition) is 2. The van der Waals surface area contributed by atoms with E-state index in [4.69, 9.17) is 33.2 Å². The molecule has 1 fully saturated rings. The Morgan fingerprint density at radius 3 is 2.50 bits per heavy atom. The second-order valence-corrected chi connectivity index (χ2v) is 9.35. The zero-order valence-electron chi connectivity index (χ0n) is 18.0. The van der Waals surface area contributed by atoms with Crippen molar-refractivity contribution < 1.29 is 0 Å². The van der Waals surface area contributed by atoms with Crippen LogP contribution in [0.3, 0.4) is 0 Å². The molecule has 0 radical (unpaired) electrons. The van der Waals surface area contributed by atoms with E-state index in [0.717, 1.165) is 64.2 Å². The van der Waals surface area contributed by atoms with Crippen LogP contribution in [0.1, 0.15) is 38.7 Å². The number of benzene rings is 2. The highest BCUT2D eigenvalue weighted by Gasteiger charge is 2.22. The summed E-state index contributed by atoms with van der Waals surface area (Å²) in [5.74, 6) is 2.34. The second kappa shape index (κ2) is 11.2. The summed E-state index contributed by atoms with van der Waals surface area (Å²) in [6.07, 6.45) is 4.61. The quantitative estimate of drug-likeness (QED) is 0.415. The van der Waals surface area contributed by atoms with E-state index < -0.39 is 0 Å². The third-order valence-electron chi connectivity index (χ3n) is 5.94. The molecular weight excluding hydrogens is 441 g/mol. The number of nitrogens with zero attached hydrogens (tertiary/aromatic N) is 3. The van der Waals surface area contributed by atoms with Gasteiger partial charge < -0.3 is 15.5 Å². The Bertz CT molecular complexity index is 1030. The van der Waals surface area contributed by atoms with E-state index in [-0.39, 0.29) is 7.43 Å². The molecule has 7 heteroatoms. The van der Waals surface area contributed by atoms with Gasteiger partial charge >= 0.3 is 0 Å². The molecule has 0 unspecified atom stereocenters. The number of nitrogens with one attached hydrogen (secondary N) is 2. The standard InChI is InChI=1S/C24H29Cl2N5.CH4/c1-31(2)23-20-5-3-4-6-22(20)29-24(30-23)28-19-10-7-16(8-11-19)14-27-15-17-13-18(25)9-12-21(17)26;/h3-6,9,12-13,16,19,27H,7-8,10-11,14-15H2,1-2H3,(H,28,29,30);1H4. The highest BCUT2D eigenvalue weighted by molar-refractivity contribution is 6.33. The van der Waals surface area contributed by atoms with Gasteiger partial charge in [-0.3, -0.25) is 0 Å². The first-order chi connectivity index (χ1) is 15.0. The second-order valence-electron chi connectivity index (χ2n) is 8.51. The lowest BCUT2D eigenvalue weighted by Crippen LogP contribution is -2.31. The number of hydrogen-bond acceptors (Lipinski definition) is 5. The van der Waals surface area contributed by atoms with E-state index in [2.05, 4.69) is 16.7 Å². The molecule has 32 heavy (non-hydrogen) atoms. The summed E-state index contributed by atoms with van der Waals surface area (Å²) in [7, 11) is 4.04. The molecule has 0 saturated heterocycles. The smallest absolute Gasteiger partial charge is 0.225 e. The van der Waals surface area contributed by atoms with Crippen LogP contribution in [0, 0.1) is 5.92 Å². The first-order valence-corrected chi connectivity index (χ1v) is 11.6. The number of halogens is 2. The van der Waals surface area contributed by atoms with Gasteiger partial charge in [0.2, 0.25) is 5.95 Å². The molecular formula is C25H33Cl2N5. The zero-order chi connectivity index (χ0) is 21.8. The van der Waals surface area contributed by atoms with Gasteiger partial charge in [-0.2, -0.15) is 4.98 Å². The Morgan fingerprint density at radius 2 is 1.75 bits per heavy atom. The van der Waals surface area contributed by atoms with Gasteiger partial charge in [0.1, 0.15) is 5.82 Å². The number of rotatable bonds is 7. The molecule has 172 valence electrons. The summed E-state index contributed by atoms with van der Waals surface area (Å²) in [4.78, 5) is 11.6. The van der Waals surface area contributed by atoms with Crippen LogP contribution in [-0.4, -0.2) is 36.6 Å². The van der Waals surface area contributed by atoms with Crippen LogP contribution in [0.5, 0.6) is 0 Å². The number of fused-ring (bicyclic) bond motifs is 1. The minimum Gasteiger partial charge on any atom is -0.362 e. The lowest BCUT2D eigenvalue weighted by molar-refractivity contribution is 0.324. The number of anilines is 2. The molecule has 3 aromatic rings. The van der Waals surface area contributed by atoms with E-state index in [1.165, 1.54) is 12.8 Å². The normalized spacial score (nSPS) is 18.2. The molecule has 2 aromatic carbocycles. The van der Waals surface area contributed by atoms with Crippen molar-refractivity contribution in [3.63, 3.8) is 0 Å². The molecule has 5 nitrogen and oxygen atoms in total.